The predicted octanol–water partition coefficient (Wildman–Crippen LogP) is 23.0. The zero-order chi connectivity index (χ0) is 110. The summed E-state index contributed by atoms with van der Waals surface area (Å²) in [6.07, 6.45) is 0. The van der Waals surface area contributed by atoms with Crippen LogP contribution < -0.4 is 0 Å². The van der Waals surface area contributed by atoms with Gasteiger partial charge in [0.25, 0.3) is 0 Å². The van der Waals surface area contributed by atoms with Crippen molar-refractivity contribution < 1.29 is 82.2 Å². The van der Waals surface area contributed by atoms with Gasteiger partial charge in [0.1, 0.15) is 0 Å². The van der Waals surface area contributed by atoms with Gasteiger partial charge >= 0.3 is 0 Å². The topological polar surface area (TPSA) is 19.7 Å². The van der Waals surface area contributed by atoms with Crippen molar-refractivity contribution in [2.75, 3.05) is 0 Å². The van der Waals surface area contributed by atoms with Crippen LogP contribution in [-0.2, 0) is 10.8 Å². The fraction of sp³-hybridized carbons (Fsp3) is 0.122. The minimum atomic E-state index is -3.70. The van der Waals surface area contributed by atoms with E-state index in [4.69, 9.17) is 72.7 Å². The van der Waals surface area contributed by atoms with Gasteiger partial charge in [-0.15, -0.1) is 0 Å². The van der Waals surface area contributed by atoms with Crippen LogP contribution in [0.1, 0.15) is 149 Å². The molecule has 420 valence electrons. The molecule has 0 atom stereocenters. The molecule has 0 aliphatic heterocycles. The summed E-state index contributed by atoms with van der Waals surface area (Å²) < 4.78 is 505. The average molecular weight is 1170 g/mol. The maximum absolute atomic E-state index is 9.73. The molecule has 0 aliphatic rings. The summed E-state index contributed by atoms with van der Waals surface area (Å²) in [5.41, 5.74) is -15.1. The second-order valence-electron chi connectivity index (χ2n) is 19.0. The standard InChI is InChI=1S/2C40H32N2.2CH4/c2*1-40(2,3)29-22-23-39-35(26-29)34-18-6-9-21-38(34)42(39)31-15-11-13-28(25-31)27-12-10-14-30(24-27)41-36-19-7-4-16-32(36)33-17-5-8-20-37(33)41;;/h2*4-26H,1-3H3;2*1H4/i1D,2D3,3D3,4D,5D,6D,7D,8D,9D,10D,11D,12D,13D,14D,15D,16D,17D,18D,19D,20D,21D,22D,23D,24D,25D,26D;1D,2D3,3D3,4D,5D,6D,7D,8D,9D,16D,17D,18D,19D,20D,21D,22D,23D,26D;2*1D4. The smallest absolute Gasteiger partial charge is 0.0651 e. The quantitative estimate of drug-likeness (QED) is 0.158. The Bertz CT molecular complexity index is 8130. The van der Waals surface area contributed by atoms with Crippen LogP contribution in [0.4, 0.5) is 0 Å². The average Bonchev–Trinajstić information content (AvgIpc) is 1.76. The Hall–Kier alpha value is -10.2. The fourth-order valence-corrected chi connectivity index (χ4v) is 10.1. The number of benzene rings is 12. The van der Waals surface area contributed by atoms with Crippen LogP contribution in [0.2, 0.25) is 0 Å². The molecule has 0 amide bonds. The maximum Gasteiger partial charge on any atom is 0.0651 e. The molecule has 86 heavy (non-hydrogen) atoms. The van der Waals surface area contributed by atoms with Crippen LogP contribution in [0.5, 0.6) is 0 Å². The molecule has 0 saturated carbocycles. The van der Waals surface area contributed by atoms with E-state index in [0.717, 1.165) is 0 Å². The highest BCUT2D eigenvalue weighted by molar-refractivity contribution is 6.12. The number of aromatic nitrogens is 4. The molecule has 4 heterocycles. The third-order valence-electron chi connectivity index (χ3n) is 13.7. The second kappa shape index (κ2) is 21.5. The lowest BCUT2D eigenvalue weighted by molar-refractivity contribution is 0.591. The fourth-order valence-electron chi connectivity index (χ4n) is 10.1. The number of fused-ring (bicyclic) bond motifs is 12. The molecule has 0 bridgehead atoms. The third kappa shape index (κ3) is 9.25. The van der Waals surface area contributed by atoms with Gasteiger partial charge in [0.15, 0.2) is 0 Å². The van der Waals surface area contributed by atoms with Crippen LogP contribution >= 0.6 is 0 Å². The second-order valence-corrected chi connectivity index (χ2v) is 19.0. The van der Waals surface area contributed by atoms with Gasteiger partial charge in [-0.2, -0.15) is 0 Å². The lowest BCUT2D eigenvalue weighted by Gasteiger charge is -2.19. The van der Waals surface area contributed by atoms with Crippen molar-refractivity contribution in [2.24, 2.45) is 0 Å². The summed E-state index contributed by atoms with van der Waals surface area (Å²) >= 11 is 0. The molecule has 0 unspecified atom stereocenters. The molecule has 0 aliphatic carbocycles. The zero-order valence-corrected chi connectivity index (χ0v) is 43.8. The van der Waals surface area contributed by atoms with Gasteiger partial charge in [0, 0.05) is 96.0 Å². The Morgan fingerprint density at radius 3 is 0.930 bits per heavy atom. The number of nitrogens with zero attached hydrogens (tertiary/aromatic N) is 4. The lowest BCUT2D eigenvalue weighted by atomic mass is 9.86. The Labute approximate surface area is 589 Å². The molecular weight excluding hydrogens is 1040 g/mol. The van der Waals surface area contributed by atoms with Gasteiger partial charge in [-0.05, 0) is 153 Å². The van der Waals surface area contributed by atoms with E-state index in [1.807, 2.05) is 0 Å². The van der Waals surface area contributed by atoms with E-state index < -0.39 is 379 Å². The van der Waals surface area contributed by atoms with Gasteiger partial charge in [0.2, 0.25) is 0 Å². The minimum Gasteiger partial charge on any atom is -0.309 e. The molecular formula is C82H72N4. The molecule has 12 aromatic carbocycles. The van der Waals surface area contributed by atoms with E-state index >= 15 is 0 Å². The highest BCUT2D eigenvalue weighted by atomic mass is 15.0. The van der Waals surface area contributed by atoms with Crippen molar-refractivity contribution in [3.8, 4) is 45.0 Å². The largest absolute Gasteiger partial charge is 0.309 e. The van der Waals surface area contributed by atoms with E-state index in [1.165, 1.54) is 15.2 Å². The molecule has 4 aromatic heterocycles. The van der Waals surface area contributed by atoms with Crippen molar-refractivity contribution in [3.63, 3.8) is 0 Å². The van der Waals surface area contributed by atoms with E-state index in [0.29, 0.717) is 20.3 Å². The Kier molecular flexibility index (Phi) is 4.85. The van der Waals surface area contributed by atoms with Crippen molar-refractivity contribution in [1.29, 1.82) is 0 Å². The minimum absolute atomic E-state index is 0.107. The number of hydrogen-bond donors (Lipinski definition) is 0. The SMILES string of the molecule is [2H]C([2H])([2H])[2H].[2H]C([2H])([2H])[2H].[2H]CC(c1c([2H])c([2H])c2c(c1[2H])c1c([2H])c([2H])c([2H])c([2H])c1n2-c1c([2H])c([2H])c([2H])c(-c2c([2H])c([2H])c([2H])c(-n3c4c([2H])c([2H])c([2H])c([2H])c4c4c([2H])c([2H])c([2H])c([2H])c43)c2[2H])c1[2H])(C([2H])([2H])[2H])C([2H])([2H])[2H].[2H]CC(c1c([2H])c([2H])c2c(c1[2H])c1c([2H])c([2H])c([2H])c([2H])c1n2-c1cccc(-c2cccc(-n3c4c([2H])c([2H])c([2H])c([2H])c4c4c([2H])c([2H])c([2H])c([2H])c43)c2)c1)(C([2H])([2H])[2H])C([2H])([2H])[2H]. The molecule has 4 heteroatoms. The Morgan fingerprint density at radius 2 is 0.605 bits per heavy atom. The Morgan fingerprint density at radius 1 is 0.302 bits per heavy atom. The van der Waals surface area contributed by atoms with Crippen LogP contribution in [0.15, 0.2) is 278 Å². The molecule has 0 N–H and O–H groups in total. The zero-order valence-electron chi connectivity index (χ0n) is 104. The number of rotatable bonds is 6. The first kappa shape index (κ1) is 19.4. The molecule has 16 rings (SSSR count). The number of hydrogen-bond acceptors (Lipinski definition) is 0. The highest BCUT2D eigenvalue weighted by Gasteiger charge is 2.21. The van der Waals surface area contributed by atoms with Crippen LogP contribution in [-0.4, -0.2) is 18.3 Å². The third-order valence-corrected chi connectivity index (χ3v) is 13.7. The molecule has 0 spiro atoms. The monoisotopic (exact) mass is 1170 g/mol. The summed E-state index contributed by atoms with van der Waals surface area (Å²) in [7, 11) is -5.00. The van der Waals surface area contributed by atoms with Crippen molar-refractivity contribution >= 4 is 87.2 Å². The molecule has 16 aromatic rings. The summed E-state index contributed by atoms with van der Waals surface area (Å²) in [6, 6.07) is -20.8. The summed E-state index contributed by atoms with van der Waals surface area (Å²) in [5, 5.41) is -3.61. The van der Waals surface area contributed by atoms with Crippen LogP contribution in [0.25, 0.3) is 132 Å². The van der Waals surface area contributed by atoms with Gasteiger partial charge in [0.05, 0.1) is 96.2 Å². The molecule has 0 fully saturated rings. The van der Waals surface area contributed by atoms with Gasteiger partial charge in [-0.3, -0.25) is 0 Å². The van der Waals surface area contributed by atoms with Gasteiger partial charge in [-0.25, -0.2) is 0 Å². The number of para-hydroxylation sites is 6. The van der Waals surface area contributed by atoms with Crippen molar-refractivity contribution in [2.45, 2.75) is 66.7 Å². The Balaban J connectivity index is 0.000000225. The van der Waals surface area contributed by atoms with Gasteiger partial charge < -0.3 is 18.3 Å². The normalized spacial score (nSPS) is 22.5. The first-order chi connectivity index (χ1) is 66.9. The summed E-state index contributed by atoms with van der Waals surface area (Å²) in [4.78, 5) is 0. The van der Waals surface area contributed by atoms with E-state index in [-0.39, 0.29) is 49.6 Å². The van der Waals surface area contributed by atoms with Crippen molar-refractivity contribution in [1.82, 2.24) is 18.3 Å². The van der Waals surface area contributed by atoms with Crippen molar-refractivity contribution in [3.05, 3.63) is 289 Å². The van der Waals surface area contributed by atoms with Crippen LogP contribution in [0.3, 0.4) is 0 Å². The molecule has 4 nitrogen and oxygen atoms in total. The summed E-state index contributed by atoms with van der Waals surface area (Å²) in [6.45, 7) is -17.3. The van der Waals surface area contributed by atoms with E-state index in [2.05, 4.69) is 0 Å². The predicted molar refractivity (Wildman–Crippen MR) is 372 cm³/mol. The maximum atomic E-state index is 9.73. The van der Waals surface area contributed by atoms with E-state index in [1.54, 1.807) is 42.5 Å². The first-order valence-corrected chi connectivity index (χ1v) is 25.0. The van der Waals surface area contributed by atoms with E-state index in [9.17, 15) is 9.60 Å². The lowest BCUT2D eigenvalue weighted by Crippen LogP contribution is -2.10. The first-order valence-electron chi connectivity index (χ1n) is 55.4. The highest BCUT2D eigenvalue weighted by Crippen LogP contribution is 2.40. The molecule has 0 radical (unpaired) electrons. The van der Waals surface area contributed by atoms with Gasteiger partial charge in [-0.1, -0.05) is 225 Å². The van der Waals surface area contributed by atoms with Crippen LogP contribution in [0, 0.1) is 0 Å². The molecule has 0 saturated heterocycles. The summed E-state index contributed by atoms with van der Waals surface area (Å²) in [5.74, 6) is 0.